The first-order valence-corrected chi connectivity index (χ1v) is 8.69. The second-order valence-electron chi connectivity index (χ2n) is 5.92. The minimum absolute atomic E-state index is 0.00746. The Labute approximate surface area is 152 Å². The Morgan fingerprint density at radius 1 is 1.15 bits per heavy atom. The third-order valence-corrected chi connectivity index (χ3v) is 4.02. The van der Waals surface area contributed by atoms with Crippen LogP contribution in [0.2, 0.25) is 0 Å². The molecule has 0 fully saturated rings. The number of hydrogen-bond acceptors (Lipinski definition) is 4. The molecule has 3 rings (SSSR count). The minimum atomic E-state index is -0.00746. The monoisotopic (exact) mass is 353 g/mol. The number of amides is 1. The van der Waals surface area contributed by atoms with Crippen LogP contribution in [0.25, 0.3) is 11.0 Å². The van der Waals surface area contributed by atoms with Gasteiger partial charge < -0.3 is 19.8 Å². The van der Waals surface area contributed by atoms with Crippen LogP contribution in [0.5, 0.6) is 11.5 Å². The third-order valence-electron chi connectivity index (χ3n) is 4.02. The van der Waals surface area contributed by atoms with Gasteiger partial charge in [-0.05, 0) is 36.8 Å². The first-order valence-electron chi connectivity index (χ1n) is 8.69. The fourth-order valence-corrected chi connectivity index (χ4v) is 2.73. The molecule has 0 saturated carbocycles. The fourth-order valence-electron chi connectivity index (χ4n) is 2.73. The van der Waals surface area contributed by atoms with Gasteiger partial charge in [0.15, 0.2) is 0 Å². The van der Waals surface area contributed by atoms with Crippen molar-refractivity contribution in [2.75, 3.05) is 20.3 Å². The lowest BCUT2D eigenvalue weighted by molar-refractivity contribution is -0.120. The molecule has 1 aromatic heterocycles. The summed E-state index contributed by atoms with van der Waals surface area (Å²) in [6, 6.07) is 13.3. The van der Waals surface area contributed by atoms with Gasteiger partial charge in [-0.25, -0.2) is 4.98 Å². The molecule has 1 heterocycles. The molecule has 0 bridgehead atoms. The van der Waals surface area contributed by atoms with E-state index in [-0.39, 0.29) is 5.91 Å². The van der Waals surface area contributed by atoms with Crippen LogP contribution < -0.4 is 14.8 Å². The summed E-state index contributed by atoms with van der Waals surface area (Å²) in [7, 11) is 1.64. The topological polar surface area (TPSA) is 76.2 Å². The van der Waals surface area contributed by atoms with E-state index in [9.17, 15) is 4.79 Å². The Bertz CT molecular complexity index is 872. The average molecular weight is 353 g/mol. The molecule has 26 heavy (non-hydrogen) atoms. The van der Waals surface area contributed by atoms with E-state index in [4.69, 9.17) is 9.47 Å². The van der Waals surface area contributed by atoms with Gasteiger partial charge >= 0.3 is 0 Å². The largest absolute Gasteiger partial charge is 0.497 e. The van der Waals surface area contributed by atoms with Crippen LogP contribution in [0.3, 0.4) is 0 Å². The first kappa shape index (κ1) is 17.8. The number of methoxy groups -OCH3 is 1. The van der Waals surface area contributed by atoms with E-state index in [1.54, 1.807) is 7.11 Å². The molecule has 0 aliphatic heterocycles. The van der Waals surface area contributed by atoms with E-state index >= 15 is 0 Å². The van der Waals surface area contributed by atoms with Crippen LogP contribution in [-0.4, -0.2) is 36.1 Å². The minimum Gasteiger partial charge on any atom is -0.497 e. The Balaban J connectivity index is 1.48. The van der Waals surface area contributed by atoms with Crippen molar-refractivity contribution >= 4 is 16.9 Å². The van der Waals surface area contributed by atoms with Crippen LogP contribution in [0.15, 0.2) is 42.5 Å². The summed E-state index contributed by atoms with van der Waals surface area (Å²) in [6.45, 7) is 3.11. The summed E-state index contributed by atoms with van der Waals surface area (Å²) >= 11 is 0. The molecule has 0 unspecified atom stereocenters. The second-order valence-corrected chi connectivity index (χ2v) is 5.92. The molecule has 2 aromatic carbocycles. The number of rotatable bonds is 8. The molecule has 0 aliphatic rings. The molecule has 0 aliphatic carbocycles. The van der Waals surface area contributed by atoms with E-state index < -0.39 is 0 Å². The van der Waals surface area contributed by atoms with Gasteiger partial charge in [-0.2, -0.15) is 0 Å². The Hall–Kier alpha value is -3.02. The summed E-state index contributed by atoms with van der Waals surface area (Å²) in [5.41, 5.74) is 2.78. The van der Waals surface area contributed by atoms with Gasteiger partial charge in [-0.3, -0.25) is 4.79 Å². The molecule has 6 nitrogen and oxygen atoms in total. The summed E-state index contributed by atoms with van der Waals surface area (Å²) in [4.78, 5) is 19.9. The molecule has 136 valence electrons. The maximum absolute atomic E-state index is 12.1. The molecule has 0 atom stereocenters. The highest BCUT2D eigenvalue weighted by Gasteiger charge is 2.06. The normalized spacial score (nSPS) is 10.7. The number of imidazole rings is 1. The quantitative estimate of drug-likeness (QED) is 0.653. The number of H-pyrrole nitrogens is 1. The number of ether oxygens (including phenoxy) is 2. The van der Waals surface area contributed by atoms with Crippen molar-refractivity contribution in [2.24, 2.45) is 0 Å². The fraction of sp³-hybridized carbons (Fsp3) is 0.300. The molecule has 3 aromatic rings. The number of aromatic amines is 1. The van der Waals surface area contributed by atoms with Crippen molar-refractivity contribution in [1.82, 2.24) is 15.3 Å². The van der Waals surface area contributed by atoms with Gasteiger partial charge in [0.05, 0.1) is 31.2 Å². The van der Waals surface area contributed by atoms with Crippen molar-refractivity contribution in [3.63, 3.8) is 0 Å². The van der Waals surface area contributed by atoms with E-state index in [1.165, 1.54) is 0 Å². The number of aromatic nitrogens is 2. The molecule has 6 heteroatoms. The lowest BCUT2D eigenvalue weighted by Gasteiger charge is -2.06. The zero-order valence-electron chi connectivity index (χ0n) is 15.0. The molecular weight excluding hydrogens is 330 g/mol. The van der Waals surface area contributed by atoms with Crippen LogP contribution in [0, 0.1) is 0 Å². The van der Waals surface area contributed by atoms with E-state index in [2.05, 4.69) is 15.3 Å². The Morgan fingerprint density at radius 2 is 1.92 bits per heavy atom. The maximum Gasteiger partial charge on any atom is 0.224 e. The van der Waals surface area contributed by atoms with E-state index in [0.717, 1.165) is 33.9 Å². The third kappa shape index (κ3) is 4.53. The predicted octanol–water partition coefficient (Wildman–Crippen LogP) is 2.87. The Morgan fingerprint density at radius 3 is 2.65 bits per heavy atom. The summed E-state index contributed by atoms with van der Waals surface area (Å²) in [5, 5.41) is 2.93. The second kappa shape index (κ2) is 8.38. The van der Waals surface area contributed by atoms with Crippen LogP contribution in [0.1, 0.15) is 18.3 Å². The lowest BCUT2D eigenvalue weighted by Crippen LogP contribution is -2.27. The zero-order valence-corrected chi connectivity index (χ0v) is 15.0. The van der Waals surface area contributed by atoms with Gasteiger partial charge in [0, 0.05) is 19.0 Å². The Kier molecular flexibility index (Phi) is 5.73. The average Bonchev–Trinajstić information content (AvgIpc) is 3.05. The number of carbonyl (C=O) groups excluding carboxylic acids is 1. The first-order chi connectivity index (χ1) is 12.7. The number of nitrogens with zero attached hydrogens (tertiary/aromatic N) is 1. The van der Waals surface area contributed by atoms with E-state index in [1.807, 2.05) is 49.4 Å². The molecule has 2 N–H and O–H groups in total. The molecular formula is C20H23N3O3. The summed E-state index contributed by atoms with van der Waals surface area (Å²) in [6.07, 6.45) is 0.996. The van der Waals surface area contributed by atoms with Gasteiger partial charge in [-0.1, -0.05) is 12.1 Å². The lowest BCUT2D eigenvalue weighted by atomic mass is 10.1. The van der Waals surface area contributed by atoms with Crippen molar-refractivity contribution in [2.45, 2.75) is 19.8 Å². The zero-order chi connectivity index (χ0) is 18.4. The number of benzene rings is 2. The molecule has 1 amide bonds. The smallest absolute Gasteiger partial charge is 0.224 e. The summed E-state index contributed by atoms with van der Waals surface area (Å²) < 4.78 is 10.6. The van der Waals surface area contributed by atoms with Gasteiger partial charge in [0.2, 0.25) is 5.91 Å². The molecule has 0 radical (unpaired) electrons. The highest BCUT2D eigenvalue weighted by molar-refractivity contribution is 5.79. The summed E-state index contributed by atoms with van der Waals surface area (Å²) in [5.74, 6) is 2.44. The number of nitrogens with one attached hydrogen (secondary N) is 2. The maximum atomic E-state index is 12.1. The van der Waals surface area contributed by atoms with Crippen molar-refractivity contribution in [3.8, 4) is 11.5 Å². The standard InChI is InChI=1S/C20H23N3O3/c1-3-26-15-6-4-14(5-7-15)12-20(24)21-11-10-19-22-17-9-8-16(25-2)13-18(17)23-19/h4-9,13H,3,10-12H2,1-2H3,(H,21,24)(H,22,23). The highest BCUT2D eigenvalue weighted by Crippen LogP contribution is 2.18. The van der Waals surface area contributed by atoms with Crippen LogP contribution in [0.4, 0.5) is 0 Å². The van der Waals surface area contributed by atoms with Crippen molar-refractivity contribution in [3.05, 3.63) is 53.9 Å². The molecule has 0 spiro atoms. The SMILES string of the molecule is CCOc1ccc(CC(=O)NCCc2nc3ccc(OC)cc3[nH]2)cc1. The van der Waals surface area contributed by atoms with Crippen LogP contribution in [-0.2, 0) is 17.6 Å². The molecule has 0 saturated heterocycles. The number of fused-ring (bicyclic) bond motifs is 1. The van der Waals surface area contributed by atoms with Gasteiger partial charge in [0.25, 0.3) is 0 Å². The van der Waals surface area contributed by atoms with Gasteiger partial charge in [-0.15, -0.1) is 0 Å². The van der Waals surface area contributed by atoms with E-state index in [0.29, 0.717) is 26.0 Å². The van der Waals surface area contributed by atoms with Crippen molar-refractivity contribution < 1.29 is 14.3 Å². The van der Waals surface area contributed by atoms with Gasteiger partial charge in [0.1, 0.15) is 17.3 Å². The highest BCUT2D eigenvalue weighted by atomic mass is 16.5. The number of hydrogen-bond donors (Lipinski definition) is 2. The predicted molar refractivity (Wildman–Crippen MR) is 101 cm³/mol. The van der Waals surface area contributed by atoms with Crippen molar-refractivity contribution in [1.29, 1.82) is 0 Å². The van der Waals surface area contributed by atoms with Crippen LogP contribution >= 0.6 is 0 Å². The number of carbonyl (C=O) groups is 1.